The second-order valence-corrected chi connectivity index (χ2v) is 4.28. The summed E-state index contributed by atoms with van der Waals surface area (Å²) in [5, 5.41) is 9.93. The molecule has 1 heterocycles. The second-order valence-electron chi connectivity index (χ2n) is 4.28. The highest BCUT2D eigenvalue weighted by atomic mass is 16.5. The lowest BCUT2D eigenvalue weighted by atomic mass is 9.94. The SMILES string of the molecule is CC(=O)OC[C@H](CC#N)c1ccnc2ccccc12. The molecule has 0 saturated carbocycles. The summed E-state index contributed by atoms with van der Waals surface area (Å²) in [7, 11) is 0. The minimum atomic E-state index is -0.332. The van der Waals surface area contributed by atoms with Gasteiger partial charge in [-0.05, 0) is 17.7 Å². The number of para-hydroxylation sites is 1. The van der Waals surface area contributed by atoms with Crippen LogP contribution < -0.4 is 0 Å². The van der Waals surface area contributed by atoms with Crippen LogP contribution in [0.5, 0.6) is 0 Å². The Kier molecular flexibility index (Phi) is 4.09. The average Bonchev–Trinajstić information content (AvgIpc) is 2.43. The van der Waals surface area contributed by atoms with Gasteiger partial charge < -0.3 is 4.74 Å². The molecule has 2 rings (SSSR count). The van der Waals surface area contributed by atoms with Crippen molar-refractivity contribution in [3.63, 3.8) is 0 Å². The minimum Gasteiger partial charge on any atom is -0.465 e. The number of hydrogen-bond donors (Lipinski definition) is 0. The van der Waals surface area contributed by atoms with Crippen LogP contribution in [0.3, 0.4) is 0 Å². The zero-order valence-electron chi connectivity index (χ0n) is 10.7. The van der Waals surface area contributed by atoms with Crippen LogP contribution in [0.15, 0.2) is 36.5 Å². The van der Waals surface area contributed by atoms with Gasteiger partial charge in [0.1, 0.15) is 0 Å². The van der Waals surface area contributed by atoms with Gasteiger partial charge in [0.05, 0.1) is 18.2 Å². The molecule has 0 bridgehead atoms. The Morgan fingerprint density at radius 3 is 2.95 bits per heavy atom. The molecule has 0 fully saturated rings. The van der Waals surface area contributed by atoms with Crippen molar-refractivity contribution in [2.75, 3.05) is 6.61 Å². The molecule has 0 aliphatic heterocycles. The number of nitrogens with zero attached hydrogens (tertiary/aromatic N) is 2. The molecule has 4 heteroatoms. The first kappa shape index (κ1) is 13.0. The number of pyridine rings is 1. The molecule has 96 valence electrons. The van der Waals surface area contributed by atoms with E-state index in [0.29, 0.717) is 6.42 Å². The van der Waals surface area contributed by atoms with Crippen molar-refractivity contribution in [3.8, 4) is 6.07 Å². The maximum absolute atomic E-state index is 10.9. The molecular formula is C15H14N2O2. The quantitative estimate of drug-likeness (QED) is 0.787. The Balaban J connectivity index is 2.38. The summed E-state index contributed by atoms with van der Waals surface area (Å²) in [6.45, 7) is 1.59. The van der Waals surface area contributed by atoms with Crippen LogP contribution >= 0.6 is 0 Å². The summed E-state index contributed by atoms with van der Waals surface area (Å²) in [5.41, 5.74) is 1.87. The zero-order valence-corrected chi connectivity index (χ0v) is 10.7. The molecule has 2 aromatic rings. The smallest absolute Gasteiger partial charge is 0.302 e. The molecule has 0 saturated heterocycles. The van der Waals surface area contributed by atoms with E-state index in [0.717, 1.165) is 16.5 Å². The summed E-state index contributed by atoms with van der Waals surface area (Å²) in [4.78, 5) is 15.2. The number of carbonyl (C=O) groups excluding carboxylic acids is 1. The monoisotopic (exact) mass is 254 g/mol. The average molecular weight is 254 g/mol. The number of rotatable bonds is 4. The number of ether oxygens (including phenoxy) is 1. The van der Waals surface area contributed by atoms with Gasteiger partial charge in [0, 0.05) is 30.8 Å². The van der Waals surface area contributed by atoms with Gasteiger partial charge in [-0.2, -0.15) is 5.26 Å². The molecule has 0 unspecified atom stereocenters. The van der Waals surface area contributed by atoms with Crippen molar-refractivity contribution < 1.29 is 9.53 Å². The molecular weight excluding hydrogens is 240 g/mol. The highest BCUT2D eigenvalue weighted by Gasteiger charge is 2.16. The predicted octanol–water partition coefficient (Wildman–Crippen LogP) is 2.80. The van der Waals surface area contributed by atoms with E-state index in [1.54, 1.807) is 6.20 Å². The molecule has 19 heavy (non-hydrogen) atoms. The number of esters is 1. The largest absolute Gasteiger partial charge is 0.465 e. The van der Waals surface area contributed by atoms with Crippen LogP contribution in [-0.2, 0) is 9.53 Å². The predicted molar refractivity (Wildman–Crippen MR) is 71.3 cm³/mol. The van der Waals surface area contributed by atoms with Gasteiger partial charge in [-0.3, -0.25) is 9.78 Å². The standard InChI is InChI=1S/C15H14N2O2/c1-11(18)19-10-12(6-8-16)13-7-9-17-15-5-3-2-4-14(13)15/h2-5,7,9,12H,6,10H2,1H3/t12-/m0/s1. The molecule has 1 aromatic heterocycles. The van der Waals surface area contributed by atoms with E-state index in [9.17, 15) is 4.79 Å². The lowest BCUT2D eigenvalue weighted by Crippen LogP contribution is -2.11. The fraction of sp³-hybridized carbons (Fsp3) is 0.267. The summed E-state index contributed by atoms with van der Waals surface area (Å²) in [6, 6.07) is 11.8. The van der Waals surface area contributed by atoms with Gasteiger partial charge in [0.2, 0.25) is 0 Å². The molecule has 0 N–H and O–H groups in total. The Bertz CT molecular complexity index is 626. The third kappa shape index (κ3) is 3.08. The van der Waals surface area contributed by atoms with Crippen molar-refractivity contribution in [2.45, 2.75) is 19.3 Å². The molecule has 0 aliphatic rings. The molecule has 0 spiro atoms. The summed E-state index contributed by atoms with van der Waals surface area (Å²) in [5.74, 6) is -0.455. The van der Waals surface area contributed by atoms with Crippen LogP contribution in [0.1, 0.15) is 24.8 Å². The number of aromatic nitrogens is 1. The first-order chi connectivity index (χ1) is 9.22. The number of hydrogen-bond acceptors (Lipinski definition) is 4. The molecule has 4 nitrogen and oxygen atoms in total. The number of carbonyl (C=O) groups is 1. The summed E-state index contributed by atoms with van der Waals surface area (Å²) < 4.78 is 5.05. The topological polar surface area (TPSA) is 63.0 Å². The van der Waals surface area contributed by atoms with Gasteiger partial charge in [-0.25, -0.2) is 0 Å². The number of nitriles is 1. The third-order valence-corrected chi connectivity index (χ3v) is 2.95. The van der Waals surface area contributed by atoms with Crippen molar-refractivity contribution in [1.29, 1.82) is 5.26 Å². The molecule has 0 radical (unpaired) electrons. The van der Waals surface area contributed by atoms with Crippen LogP contribution in [0.2, 0.25) is 0 Å². The Hall–Kier alpha value is -2.41. The fourth-order valence-electron chi connectivity index (χ4n) is 2.06. The molecule has 1 aromatic carbocycles. The van der Waals surface area contributed by atoms with E-state index >= 15 is 0 Å². The van der Waals surface area contributed by atoms with Crippen LogP contribution in [-0.4, -0.2) is 17.6 Å². The lowest BCUT2D eigenvalue weighted by Gasteiger charge is -2.15. The van der Waals surface area contributed by atoms with E-state index in [2.05, 4.69) is 11.1 Å². The third-order valence-electron chi connectivity index (χ3n) is 2.95. The summed E-state index contributed by atoms with van der Waals surface area (Å²) >= 11 is 0. The molecule has 0 amide bonds. The summed E-state index contributed by atoms with van der Waals surface area (Å²) in [6.07, 6.45) is 2.02. The van der Waals surface area contributed by atoms with Gasteiger partial charge in [0.25, 0.3) is 0 Å². The van der Waals surface area contributed by atoms with Gasteiger partial charge in [0.15, 0.2) is 0 Å². The van der Waals surface area contributed by atoms with E-state index < -0.39 is 0 Å². The van der Waals surface area contributed by atoms with Crippen molar-refractivity contribution in [2.24, 2.45) is 0 Å². The van der Waals surface area contributed by atoms with Crippen LogP contribution in [0, 0.1) is 11.3 Å². The lowest BCUT2D eigenvalue weighted by molar-refractivity contribution is -0.141. The van der Waals surface area contributed by atoms with Gasteiger partial charge in [-0.1, -0.05) is 18.2 Å². The Morgan fingerprint density at radius 2 is 2.21 bits per heavy atom. The zero-order chi connectivity index (χ0) is 13.7. The normalized spacial score (nSPS) is 11.8. The maximum atomic E-state index is 10.9. The minimum absolute atomic E-state index is 0.123. The van der Waals surface area contributed by atoms with E-state index in [4.69, 9.17) is 10.00 Å². The van der Waals surface area contributed by atoms with Crippen molar-refractivity contribution in [3.05, 3.63) is 42.1 Å². The number of benzene rings is 1. The van der Waals surface area contributed by atoms with Gasteiger partial charge in [-0.15, -0.1) is 0 Å². The van der Waals surface area contributed by atoms with Crippen molar-refractivity contribution >= 4 is 16.9 Å². The molecule has 1 atom stereocenters. The second kappa shape index (κ2) is 5.96. The molecule has 0 aliphatic carbocycles. The Labute approximate surface area is 111 Å². The van der Waals surface area contributed by atoms with Crippen LogP contribution in [0.25, 0.3) is 10.9 Å². The van der Waals surface area contributed by atoms with Gasteiger partial charge >= 0.3 is 5.97 Å². The van der Waals surface area contributed by atoms with E-state index in [-0.39, 0.29) is 18.5 Å². The first-order valence-electron chi connectivity index (χ1n) is 6.06. The highest BCUT2D eigenvalue weighted by Crippen LogP contribution is 2.26. The Morgan fingerprint density at radius 1 is 1.42 bits per heavy atom. The van der Waals surface area contributed by atoms with E-state index in [1.165, 1.54) is 6.92 Å². The maximum Gasteiger partial charge on any atom is 0.302 e. The first-order valence-corrected chi connectivity index (χ1v) is 6.06. The van der Waals surface area contributed by atoms with Crippen LogP contribution in [0.4, 0.5) is 0 Å². The fourth-order valence-corrected chi connectivity index (χ4v) is 2.06. The van der Waals surface area contributed by atoms with E-state index in [1.807, 2.05) is 30.3 Å². The highest BCUT2D eigenvalue weighted by molar-refractivity contribution is 5.82. The van der Waals surface area contributed by atoms with Crippen molar-refractivity contribution in [1.82, 2.24) is 4.98 Å². The number of fused-ring (bicyclic) bond motifs is 1.